The highest BCUT2D eigenvalue weighted by Gasteiger charge is 2.29. The summed E-state index contributed by atoms with van der Waals surface area (Å²) in [5.41, 5.74) is 0.958. The van der Waals surface area contributed by atoms with Gasteiger partial charge in [0.2, 0.25) is 5.88 Å². The van der Waals surface area contributed by atoms with E-state index in [1.165, 1.54) is 6.07 Å². The van der Waals surface area contributed by atoms with Crippen LogP contribution in [0.4, 0.5) is 19.0 Å². The average molecular weight is 447 g/mol. The summed E-state index contributed by atoms with van der Waals surface area (Å²) in [7, 11) is 1.54. The Hall–Kier alpha value is -3.63. The number of nitrogens with zero attached hydrogens (tertiary/aromatic N) is 5. The topological polar surface area (TPSA) is 80.7 Å². The molecule has 1 aliphatic rings. The van der Waals surface area contributed by atoms with E-state index in [9.17, 15) is 18.0 Å². The number of halogens is 3. The fraction of sp³-hybridized carbons (Fsp3) is 0.333. The molecule has 1 amide bonds. The molecule has 3 aromatic rings. The van der Waals surface area contributed by atoms with Crippen LogP contribution in [0.3, 0.4) is 0 Å². The van der Waals surface area contributed by atoms with Gasteiger partial charge in [0.1, 0.15) is 23.6 Å². The Bertz CT molecular complexity index is 1120. The van der Waals surface area contributed by atoms with Gasteiger partial charge < -0.3 is 19.3 Å². The molecule has 168 valence electrons. The van der Waals surface area contributed by atoms with Gasteiger partial charge in [-0.25, -0.2) is 15.0 Å². The van der Waals surface area contributed by atoms with Crippen molar-refractivity contribution in [3.05, 3.63) is 48.4 Å². The molecule has 0 saturated carbocycles. The lowest BCUT2D eigenvalue weighted by atomic mass is 10.1. The Morgan fingerprint density at radius 3 is 2.56 bits per heavy atom. The van der Waals surface area contributed by atoms with Crippen molar-refractivity contribution < 1.29 is 27.4 Å². The summed E-state index contributed by atoms with van der Waals surface area (Å²) in [6, 6.07) is 10.4. The number of para-hydroxylation sites is 1. The molecular weight excluding hydrogens is 427 g/mol. The Morgan fingerprint density at radius 1 is 1.09 bits per heavy atom. The van der Waals surface area contributed by atoms with Gasteiger partial charge in [0.25, 0.3) is 5.91 Å². The smallest absolute Gasteiger partial charge is 0.422 e. The second kappa shape index (κ2) is 8.85. The molecule has 4 rings (SSSR count). The molecule has 0 N–H and O–H groups in total. The molecule has 0 aliphatic carbocycles. The van der Waals surface area contributed by atoms with E-state index in [1.807, 2.05) is 29.2 Å². The first-order valence-electron chi connectivity index (χ1n) is 9.83. The number of carbonyl (C=O) groups is 1. The monoisotopic (exact) mass is 447 g/mol. The van der Waals surface area contributed by atoms with Crippen LogP contribution in [0.1, 0.15) is 10.5 Å². The van der Waals surface area contributed by atoms with Gasteiger partial charge in [0.05, 0.1) is 12.6 Å². The largest absolute Gasteiger partial charge is 0.496 e. The number of benzene rings is 1. The van der Waals surface area contributed by atoms with Crippen molar-refractivity contribution in [1.29, 1.82) is 0 Å². The SMILES string of the molecule is COc1cc(C(=O)N2CCN(c3cc(OCC(F)(F)F)ncn3)CC2)nc2ccccc12. The maximum absolute atomic E-state index is 13.0. The number of fused-ring (bicyclic) bond motifs is 1. The fourth-order valence-electron chi connectivity index (χ4n) is 3.46. The van der Waals surface area contributed by atoms with Gasteiger partial charge in [0, 0.05) is 43.7 Å². The third-order valence-electron chi connectivity index (χ3n) is 5.02. The number of methoxy groups -OCH3 is 1. The molecule has 0 spiro atoms. The van der Waals surface area contributed by atoms with Crippen LogP contribution in [0, 0.1) is 0 Å². The second-order valence-corrected chi connectivity index (χ2v) is 7.12. The Balaban J connectivity index is 1.43. The molecule has 0 atom stereocenters. The van der Waals surface area contributed by atoms with Gasteiger partial charge in [0.15, 0.2) is 6.61 Å². The molecule has 2 aromatic heterocycles. The number of anilines is 1. The quantitative estimate of drug-likeness (QED) is 0.595. The lowest BCUT2D eigenvalue weighted by molar-refractivity contribution is -0.154. The molecule has 3 heterocycles. The van der Waals surface area contributed by atoms with Crippen molar-refractivity contribution in [2.75, 3.05) is 44.8 Å². The fourth-order valence-corrected chi connectivity index (χ4v) is 3.46. The van der Waals surface area contributed by atoms with E-state index in [4.69, 9.17) is 4.74 Å². The predicted molar refractivity (Wildman–Crippen MR) is 110 cm³/mol. The van der Waals surface area contributed by atoms with Crippen LogP contribution >= 0.6 is 0 Å². The van der Waals surface area contributed by atoms with E-state index in [-0.39, 0.29) is 11.8 Å². The highest BCUT2D eigenvalue weighted by molar-refractivity contribution is 5.97. The second-order valence-electron chi connectivity index (χ2n) is 7.12. The van der Waals surface area contributed by atoms with Gasteiger partial charge in [-0.3, -0.25) is 4.79 Å². The molecule has 11 heteroatoms. The van der Waals surface area contributed by atoms with Crippen molar-refractivity contribution in [2.24, 2.45) is 0 Å². The standard InChI is InChI=1S/C21H20F3N5O3/c1-31-17-10-16(27-15-5-3-2-4-14(15)17)20(30)29-8-6-28(7-9-29)18-11-19(26-13-25-18)32-12-21(22,23)24/h2-5,10-11,13H,6-9,12H2,1H3. The first-order chi connectivity index (χ1) is 15.3. The van der Waals surface area contributed by atoms with E-state index in [0.29, 0.717) is 49.0 Å². The molecule has 0 bridgehead atoms. The summed E-state index contributed by atoms with van der Waals surface area (Å²) in [5, 5.41) is 0.823. The number of aromatic nitrogens is 3. The minimum absolute atomic E-state index is 0.154. The summed E-state index contributed by atoms with van der Waals surface area (Å²) >= 11 is 0. The number of hydrogen-bond donors (Lipinski definition) is 0. The van der Waals surface area contributed by atoms with E-state index in [1.54, 1.807) is 18.1 Å². The Morgan fingerprint density at radius 2 is 1.84 bits per heavy atom. The van der Waals surface area contributed by atoms with E-state index in [2.05, 4.69) is 19.7 Å². The summed E-state index contributed by atoms with van der Waals surface area (Å²) in [6.07, 6.45) is -3.29. The Labute approximate surface area is 181 Å². The van der Waals surface area contributed by atoms with E-state index >= 15 is 0 Å². The highest BCUT2D eigenvalue weighted by atomic mass is 19.4. The number of pyridine rings is 1. The molecule has 1 aliphatic heterocycles. The van der Waals surface area contributed by atoms with Crippen molar-refractivity contribution >= 4 is 22.6 Å². The van der Waals surface area contributed by atoms with Crippen molar-refractivity contribution in [2.45, 2.75) is 6.18 Å². The normalized spacial score (nSPS) is 14.5. The van der Waals surface area contributed by atoms with Crippen LogP contribution in [0.15, 0.2) is 42.7 Å². The maximum atomic E-state index is 13.0. The highest BCUT2D eigenvalue weighted by Crippen LogP contribution is 2.26. The lowest BCUT2D eigenvalue weighted by Gasteiger charge is -2.35. The summed E-state index contributed by atoms with van der Waals surface area (Å²) < 4.78 is 47.2. The van der Waals surface area contributed by atoms with Crippen LogP contribution in [0.25, 0.3) is 10.9 Å². The lowest BCUT2D eigenvalue weighted by Crippen LogP contribution is -2.49. The molecule has 0 radical (unpaired) electrons. The van der Waals surface area contributed by atoms with E-state index < -0.39 is 12.8 Å². The number of ether oxygens (including phenoxy) is 2. The van der Waals surface area contributed by atoms with Crippen molar-refractivity contribution in [3.8, 4) is 11.6 Å². The third kappa shape index (κ3) is 4.82. The van der Waals surface area contributed by atoms with Crippen LogP contribution in [-0.2, 0) is 0 Å². The van der Waals surface area contributed by atoms with E-state index in [0.717, 1.165) is 11.7 Å². The first kappa shape index (κ1) is 21.6. The zero-order chi connectivity index (χ0) is 22.7. The zero-order valence-electron chi connectivity index (χ0n) is 17.2. The summed E-state index contributed by atoms with van der Waals surface area (Å²) in [5.74, 6) is 0.642. The molecule has 32 heavy (non-hydrogen) atoms. The van der Waals surface area contributed by atoms with Crippen LogP contribution < -0.4 is 14.4 Å². The molecule has 1 fully saturated rings. The number of carbonyl (C=O) groups excluding carboxylic acids is 1. The average Bonchev–Trinajstić information content (AvgIpc) is 2.81. The number of hydrogen-bond acceptors (Lipinski definition) is 7. The van der Waals surface area contributed by atoms with Gasteiger partial charge in [-0.15, -0.1) is 0 Å². The van der Waals surface area contributed by atoms with Crippen LogP contribution in [0.5, 0.6) is 11.6 Å². The summed E-state index contributed by atoms with van der Waals surface area (Å²) in [4.78, 5) is 28.9. The van der Waals surface area contributed by atoms with Gasteiger partial charge in [-0.2, -0.15) is 13.2 Å². The molecular formula is C21H20F3N5O3. The van der Waals surface area contributed by atoms with Crippen LogP contribution in [0.2, 0.25) is 0 Å². The molecule has 1 aromatic carbocycles. The minimum Gasteiger partial charge on any atom is -0.496 e. The third-order valence-corrected chi connectivity index (χ3v) is 5.02. The molecule has 8 nitrogen and oxygen atoms in total. The Kier molecular flexibility index (Phi) is 5.97. The number of piperazine rings is 1. The van der Waals surface area contributed by atoms with Gasteiger partial charge in [-0.1, -0.05) is 12.1 Å². The number of alkyl halides is 3. The van der Waals surface area contributed by atoms with Crippen molar-refractivity contribution in [3.63, 3.8) is 0 Å². The summed E-state index contributed by atoms with van der Waals surface area (Å²) in [6.45, 7) is 0.281. The number of amides is 1. The minimum atomic E-state index is -4.45. The maximum Gasteiger partial charge on any atom is 0.422 e. The zero-order valence-corrected chi connectivity index (χ0v) is 17.2. The predicted octanol–water partition coefficient (Wildman–Crippen LogP) is 2.94. The van der Waals surface area contributed by atoms with Crippen LogP contribution in [-0.4, -0.2) is 71.8 Å². The van der Waals surface area contributed by atoms with Gasteiger partial charge in [-0.05, 0) is 12.1 Å². The molecule has 1 saturated heterocycles. The number of rotatable bonds is 5. The first-order valence-corrected chi connectivity index (χ1v) is 9.83. The van der Waals surface area contributed by atoms with Gasteiger partial charge >= 0.3 is 6.18 Å². The molecule has 0 unspecified atom stereocenters. The van der Waals surface area contributed by atoms with Crippen molar-refractivity contribution in [1.82, 2.24) is 19.9 Å².